The van der Waals surface area contributed by atoms with Crippen molar-refractivity contribution in [1.29, 1.82) is 0 Å². The van der Waals surface area contributed by atoms with E-state index in [-0.39, 0.29) is 6.04 Å². The fraction of sp³-hybridized carbons (Fsp3) is 0.438. The van der Waals surface area contributed by atoms with Gasteiger partial charge in [-0.3, -0.25) is 4.68 Å². The highest BCUT2D eigenvalue weighted by Crippen LogP contribution is 2.31. The molecule has 2 aromatic rings. The number of hydrogen-bond acceptors (Lipinski definition) is 2. The van der Waals surface area contributed by atoms with E-state index in [1.54, 1.807) is 6.20 Å². The SMILES string of the molecule is CCCn1ncc(Cl)c1C(NCC)c1cc(Br)ccc1C. The molecule has 114 valence electrons. The van der Waals surface area contributed by atoms with E-state index >= 15 is 0 Å². The van der Waals surface area contributed by atoms with Crippen LogP contribution >= 0.6 is 27.5 Å². The Bertz CT molecular complexity index is 610. The van der Waals surface area contributed by atoms with Gasteiger partial charge in [-0.1, -0.05) is 47.4 Å². The molecule has 0 radical (unpaired) electrons. The second-order valence-electron chi connectivity index (χ2n) is 5.09. The molecule has 0 spiro atoms. The van der Waals surface area contributed by atoms with Crippen molar-refractivity contribution in [3.63, 3.8) is 0 Å². The molecule has 1 unspecified atom stereocenters. The first kappa shape index (κ1) is 16.5. The topological polar surface area (TPSA) is 29.9 Å². The first-order valence-corrected chi connectivity index (χ1v) is 8.46. The van der Waals surface area contributed by atoms with Crippen molar-refractivity contribution in [2.45, 2.75) is 39.8 Å². The van der Waals surface area contributed by atoms with Gasteiger partial charge in [0.25, 0.3) is 0 Å². The zero-order valence-electron chi connectivity index (χ0n) is 12.7. The lowest BCUT2D eigenvalue weighted by Gasteiger charge is -2.22. The molecule has 0 fully saturated rings. The molecule has 1 atom stereocenters. The van der Waals surface area contributed by atoms with Gasteiger partial charge < -0.3 is 5.32 Å². The van der Waals surface area contributed by atoms with Gasteiger partial charge in [-0.2, -0.15) is 5.10 Å². The zero-order chi connectivity index (χ0) is 15.4. The maximum atomic E-state index is 6.42. The van der Waals surface area contributed by atoms with Crippen LogP contribution in [0.2, 0.25) is 5.02 Å². The summed E-state index contributed by atoms with van der Waals surface area (Å²) in [4.78, 5) is 0. The first-order valence-electron chi connectivity index (χ1n) is 7.29. The summed E-state index contributed by atoms with van der Waals surface area (Å²) in [5.41, 5.74) is 3.51. The van der Waals surface area contributed by atoms with Gasteiger partial charge in [-0.05, 0) is 43.1 Å². The van der Waals surface area contributed by atoms with E-state index in [0.29, 0.717) is 5.02 Å². The lowest BCUT2D eigenvalue weighted by molar-refractivity contribution is 0.519. The van der Waals surface area contributed by atoms with Crippen LogP contribution in [-0.4, -0.2) is 16.3 Å². The molecule has 1 N–H and O–H groups in total. The number of nitrogens with one attached hydrogen (secondary N) is 1. The molecular weight excluding hydrogens is 350 g/mol. The number of aryl methyl sites for hydroxylation is 2. The third kappa shape index (κ3) is 3.68. The van der Waals surface area contributed by atoms with E-state index in [9.17, 15) is 0 Å². The number of halogens is 2. The van der Waals surface area contributed by atoms with Crippen LogP contribution in [0.3, 0.4) is 0 Å². The number of hydrogen-bond donors (Lipinski definition) is 1. The largest absolute Gasteiger partial charge is 0.305 e. The average molecular weight is 371 g/mol. The van der Waals surface area contributed by atoms with Crippen LogP contribution < -0.4 is 5.32 Å². The van der Waals surface area contributed by atoms with Gasteiger partial charge in [0.2, 0.25) is 0 Å². The molecule has 0 aliphatic heterocycles. The van der Waals surface area contributed by atoms with Gasteiger partial charge in [0, 0.05) is 11.0 Å². The summed E-state index contributed by atoms with van der Waals surface area (Å²) in [6, 6.07) is 6.39. The average Bonchev–Trinajstić information content (AvgIpc) is 2.81. The van der Waals surface area contributed by atoms with Crippen LogP contribution in [0.5, 0.6) is 0 Å². The number of rotatable bonds is 6. The Morgan fingerprint density at radius 3 is 2.81 bits per heavy atom. The van der Waals surface area contributed by atoms with E-state index in [1.807, 2.05) is 4.68 Å². The highest BCUT2D eigenvalue weighted by molar-refractivity contribution is 9.10. The Morgan fingerprint density at radius 1 is 1.38 bits per heavy atom. The van der Waals surface area contributed by atoms with Gasteiger partial charge >= 0.3 is 0 Å². The highest BCUT2D eigenvalue weighted by atomic mass is 79.9. The van der Waals surface area contributed by atoms with Gasteiger partial charge in [0.1, 0.15) is 0 Å². The molecule has 2 rings (SSSR count). The quantitative estimate of drug-likeness (QED) is 0.797. The molecule has 1 heterocycles. The fourth-order valence-electron chi connectivity index (χ4n) is 2.53. The normalized spacial score (nSPS) is 12.6. The smallest absolute Gasteiger partial charge is 0.0837 e. The van der Waals surface area contributed by atoms with Crippen LogP contribution in [0.4, 0.5) is 0 Å². The molecule has 21 heavy (non-hydrogen) atoms. The van der Waals surface area contributed by atoms with E-state index in [1.165, 1.54) is 11.1 Å². The van der Waals surface area contributed by atoms with Crippen LogP contribution in [-0.2, 0) is 6.54 Å². The number of benzene rings is 1. The molecule has 0 amide bonds. The predicted molar refractivity (Wildman–Crippen MR) is 91.9 cm³/mol. The molecule has 0 saturated carbocycles. The summed E-state index contributed by atoms with van der Waals surface area (Å²) in [6.45, 7) is 8.11. The fourth-order valence-corrected chi connectivity index (χ4v) is 3.16. The van der Waals surface area contributed by atoms with Crippen molar-refractivity contribution in [1.82, 2.24) is 15.1 Å². The van der Waals surface area contributed by atoms with E-state index in [4.69, 9.17) is 11.6 Å². The van der Waals surface area contributed by atoms with E-state index in [2.05, 4.69) is 65.3 Å². The molecule has 1 aromatic heterocycles. The summed E-state index contributed by atoms with van der Waals surface area (Å²) < 4.78 is 3.08. The zero-order valence-corrected chi connectivity index (χ0v) is 15.0. The molecule has 0 bridgehead atoms. The molecule has 1 aromatic carbocycles. The summed E-state index contributed by atoms with van der Waals surface area (Å²) in [5.74, 6) is 0. The summed E-state index contributed by atoms with van der Waals surface area (Å²) in [6.07, 6.45) is 2.77. The molecule has 0 aliphatic rings. The minimum absolute atomic E-state index is 0.0500. The van der Waals surface area contributed by atoms with E-state index in [0.717, 1.165) is 29.7 Å². The standard InChI is InChI=1S/C16H21BrClN3/c1-4-8-21-16(14(18)10-20-21)15(19-5-2)13-9-12(17)7-6-11(13)3/h6-7,9-10,15,19H,4-5,8H2,1-3H3. The van der Waals surface area contributed by atoms with Crippen molar-refractivity contribution in [3.8, 4) is 0 Å². The van der Waals surface area contributed by atoms with Crippen LogP contribution in [0.25, 0.3) is 0 Å². The van der Waals surface area contributed by atoms with Crippen molar-refractivity contribution in [3.05, 3.63) is 50.7 Å². The molecule has 0 saturated heterocycles. The lowest BCUT2D eigenvalue weighted by Crippen LogP contribution is -2.26. The summed E-state index contributed by atoms with van der Waals surface area (Å²) in [5, 5.41) is 8.68. The lowest BCUT2D eigenvalue weighted by atomic mass is 9.98. The van der Waals surface area contributed by atoms with Crippen LogP contribution in [0, 0.1) is 6.92 Å². The third-order valence-electron chi connectivity index (χ3n) is 3.50. The Morgan fingerprint density at radius 2 is 2.14 bits per heavy atom. The molecule has 0 aliphatic carbocycles. The molecule has 5 heteroatoms. The Kier molecular flexibility index (Phi) is 5.85. The van der Waals surface area contributed by atoms with Crippen LogP contribution in [0.15, 0.2) is 28.9 Å². The monoisotopic (exact) mass is 369 g/mol. The van der Waals surface area contributed by atoms with Gasteiger partial charge in [0.15, 0.2) is 0 Å². The Labute approximate surface area is 139 Å². The maximum Gasteiger partial charge on any atom is 0.0837 e. The van der Waals surface area contributed by atoms with E-state index < -0.39 is 0 Å². The van der Waals surface area contributed by atoms with Crippen molar-refractivity contribution in [2.75, 3.05) is 6.54 Å². The number of nitrogens with zero attached hydrogens (tertiary/aromatic N) is 2. The predicted octanol–water partition coefficient (Wildman–Crippen LogP) is 4.72. The first-order chi connectivity index (χ1) is 10.1. The second-order valence-corrected chi connectivity index (χ2v) is 6.42. The summed E-state index contributed by atoms with van der Waals surface area (Å²) >= 11 is 9.98. The Balaban J connectivity index is 2.53. The minimum atomic E-state index is 0.0500. The van der Waals surface area contributed by atoms with Gasteiger partial charge in [-0.15, -0.1) is 0 Å². The summed E-state index contributed by atoms with van der Waals surface area (Å²) in [7, 11) is 0. The van der Waals surface area contributed by atoms with Gasteiger partial charge in [0.05, 0.1) is 23.0 Å². The maximum absolute atomic E-state index is 6.42. The highest BCUT2D eigenvalue weighted by Gasteiger charge is 2.22. The van der Waals surface area contributed by atoms with Crippen molar-refractivity contribution < 1.29 is 0 Å². The van der Waals surface area contributed by atoms with Gasteiger partial charge in [-0.25, -0.2) is 0 Å². The molecular formula is C16H21BrClN3. The Hall–Kier alpha value is -0.840. The minimum Gasteiger partial charge on any atom is -0.305 e. The second kappa shape index (κ2) is 7.43. The number of aromatic nitrogens is 2. The third-order valence-corrected chi connectivity index (χ3v) is 4.29. The van der Waals surface area contributed by atoms with Crippen molar-refractivity contribution >= 4 is 27.5 Å². The van der Waals surface area contributed by atoms with Crippen LogP contribution in [0.1, 0.15) is 43.1 Å². The molecule has 3 nitrogen and oxygen atoms in total. The van der Waals surface area contributed by atoms with Crippen molar-refractivity contribution in [2.24, 2.45) is 0 Å².